The summed E-state index contributed by atoms with van der Waals surface area (Å²) in [4.78, 5) is 47.2. The molecule has 6 rings (SSSR count). The van der Waals surface area contributed by atoms with Crippen LogP contribution >= 0.6 is 46.7 Å². The number of thioether (sulfide) groups is 1. The predicted octanol–water partition coefficient (Wildman–Crippen LogP) is 6.82. The normalized spacial score (nSPS) is 12.7. The van der Waals surface area contributed by atoms with Gasteiger partial charge < -0.3 is 10.1 Å². The fourth-order valence-corrected chi connectivity index (χ4v) is 8.43. The van der Waals surface area contributed by atoms with Crippen molar-refractivity contribution >= 4 is 74.6 Å². The van der Waals surface area contributed by atoms with E-state index in [0.29, 0.717) is 30.7 Å². The van der Waals surface area contributed by atoms with Gasteiger partial charge in [-0.05, 0) is 74.7 Å². The molecule has 1 N–H and O–H groups in total. The van der Waals surface area contributed by atoms with Crippen molar-refractivity contribution in [1.29, 1.82) is 0 Å². The number of anilines is 1. The van der Waals surface area contributed by atoms with Crippen molar-refractivity contribution in [1.82, 2.24) is 14.1 Å². The number of carbonyl (C=O) groups is 2. The molecule has 0 bridgehead atoms. The lowest BCUT2D eigenvalue weighted by Gasteiger charge is -2.14. The SMILES string of the molecule is CCOC(=O)c1sc(=S)n(-c2ccccc2)c1NC(=O)CSc1nc2sc3c(c2c(=O)n1-c1ccccc1)CCCC3. The summed E-state index contributed by atoms with van der Waals surface area (Å²) < 4.78 is 8.91. The lowest BCUT2D eigenvalue weighted by molar-refractivity contribution is -0.113. The number of benzene rings is 2. The average Bonchev–Trinajstić information content (AvgIpc) is 3.54. The molecule has 0 radical (unpaired) electrons. The van der Waals surface area contributed by atoms with Crippen LogP contribution in [0.15, 0.2) is 70.6 Å². The summed E-state index contributed by atoms with van der Waals surface area (Å²) >= 11 is 9.41. The van der Waals surface area contributed by atoms with Crippen LogP contribution in [0.25, 0.3) is 21.6 Å². The molecule has 0 saturated carbocycles. The van der Waals surface area contributed by atoms with Crippen LogP contribution in [0.4, 0.5) is 5.82 Å². The largest absolute Gasteiger partial charge is 0.462 e. The maximum atomic E-state index is 14.0. The Hall–Kier alpha value is -3.58. The first-order valence-corrected chi connectivity index (χ1v) is 16.5. The average molecular weight is 635 g/mol. The second-order valence-corrected chi connectivity index (χ2v) is 13.2. The molecular weight excluding hydrogens is 609 g/mol. The van der Waals surface area contributed by atoms with E-state index in [-0.39, 0.29) is 34.5 Å². The van der Waals surface area contributed by atoms with E-state index in [1.165, 1.54) is 16.6 Å². The number of hydrogen-bond donors (Lipinski definition) is 1. The monoisotopic (exact) mass is 634 g/mol. The highest BCUT2D eigenvalue weighted by Gasteiger charge is 2.25. The number of aryl methyl sites for hydroxylation is 2. The minimum absolute atomic E-state index is 0.0461. The number of nitrogens with one attached hydrogen (secondary N) is 1. The fourth-order valence-electron chi connectivity index (χ4n) is 5.02. The van der Waals surface area contributed by atoms with Crippen LogP contribution in [0.2, 0.25) is 0 Å². The molecule has 5 aromatic rings. The Morgan fingerprint density at radius 1 is 1.00 bits per heavy atom. The predicted molar refractivity (Wildman–Crippen MR) is 172 cm³/mol. The summed E-state index contributed by atoms with van der Waals surface area (Å²) in [7, 11) is 0. The van der Waals surface area contributed by atoms with Crippen LogP contribution < -0.4 is 10.9 Å². The number of hydrogen-bond acceptors (Lipinski definition) is 9. The number of amides is 1. The van der Waals surface area contributed by atoms with Crippen LogP contribution in [0.1, 0.15) is 39.9 Å². The van der Waals surface area contributed by atoms with Gasteiger partial charge in [0.05, 0.1) is 23.4 Å². The van der Waals surface area contributed by atoms with Crippen molar-refractivity contribution in [3.05, 3.63) is 90.3 Å². The zero-order valence-electron chi connectivity index (χ0n) is 22.6. The highest BCUT2D eigenvalue weighted by atomic mass is 32.2. The molecule has 3 aromatic heterocycles. The van der Waals surface area contributed by atoms with Crippen LogP contribution in [0.5, 0.6) is 0 Å². The summed E-state index contributed by atoms with van der Waals surface area (Å²) in [6.45, 7) is 1.91. The Labute approximate surface area is 259 Å². The smallest absolute Gasteiger partial charge is 0.352 e. The first kappa shape index (κ1) is 28.5. The minimum Gasteiger partial charge on any atom is -0.462 e. The Bertz CT molecular complexity index is 1910. The van der Waals surface area contributed by atoms with E-state index >= 15 is 0 Å². The van der Waals surface area contributed by atoms with Crippen LogP contribution in [-0.4, -0.2) is 38.4 Å². The summed E-state index contributed by atoms with van der Waals surface area (Å²) in [6.07, 6.45) is 4.01. The molecule has 0 saturated heterocycles. The van der Waals surface area contributed by atoms with Crippen LogP contribution in [0.3, 0.4) is 0 Å². The molecule has 1 aliphatic rings. The van der Waals surface area contributed by atoms with Gasteiger partial charge in [0, 0.05) is 10.6 Å². The van der Waals surface area contributed by atoms with Crippen molar-refractivity contribution in [2.24, 2.45) is 0 Å². The molecule has 0 spiro atoms. The lowest BCUT2D eigenvalue weighted by atomic mass is 9.97. The molecule has 214 valence electrons. The highest BCUT2D eigenvalue weighted by molar-refractivity contribution is 7.99. The second-order valence-electron chi connectivity index (χ2n) is 9.54. The first-order chi connectivity index (χ1) is 20.5. The van der Waals surface area contributed by atoms with E-state index in [0.717, 1.165) is 42.6 Å². The second kappa shape index (κ2) is 12.3. The van der Waals surface area contributed by atoms with Crippen molar-refractivity contribution in [3.8, 4) is 11.4 Å². The van der Waals surface area contributed by atoms with Gasteiger partial charge in [0.25, 0.3) is 5.56 Å². The quantitative estimate of drug-likeness (QED) is 0.0867. The van der Waals surface area contributed by atoms with Gasteiger partial charge in [0.15, 0.2) is 14.0 Å². The number of rotatable bonds is 8. The molecule has 0 fully saturated rings. The lowest BCUT2D eigenvalue weighted by Crippen LogP contribution is -2.24. The van der Waals surface area contributed by atoms with E-state index in [4.69, 9.17) is 21.9 Å². The van der Waals surface area contributed by atoms with E-state index in [1.54, 1.807) is 27.4 Å². The van der Waals surface area contributed by atoms with Gasteiger partial charge in [-0.3, -0.25) is 18.7 Å². The van der Waals surface area contributed by atoms with Crippen LogP contribution in [0, 0.1) is 3.95 Å². The third-order valence-electron chi connectivity index (χ3n) is 6.85. The zero-order valence-corrected chi connectivity index (χ0v) is 25.9. The van der Waals surface area contributed by atoms with Gasteiger partial charge in [-0.15, -0.1) is 11.3 Å². The van der Waals surface area contributed by atoms with Crippen LogP contribution in [-0.2, 0) is 22.4 Å². The van der Waals surface area contributed by atoms with Gasteiger partial charge in [-0.1, -0.05) is 59.5 Å². The summed E-state index contributed by atoms with van der Waals surface area (Å²) in [5.41, 5.74) is 2.40. The molecule has 42 heavy (non-hydrogen) atoms. The van der Waals surface area contributed by atoms with E-state index in [2.05, 4.69) is 5.32 Å². The van der Waals surface area contributed by atoms with Gasteiger partial charge in [0.1, 0.15) is 10.6 Å². The minimum atomic E-state index is -0.557. The Balaban J connectivity index is 1.35. The molecule has 0 aliphatic heterocycles. The molecular formula is C30H26N4O4S4. The number of fused-ring (bicyclic) bond motifs is 3. The molecule has 3 heterocycles. The van der Waals surface area contributed by atoms with Crippen molar-refractivity contribution in [3.63, 3.8) is 0 Å². The Kier molecular flexibility index (Phi) is 8.38. The summed E-state index contributed by atoms with van der Waals surface area (Å²) in [5, 5.41) is 4.01. The molecule has 12 heteroatoms. The fraction of sp³-hybridized carbons (Fsp3) is 0.233. The highest BCUT2D eigenvalue weighted by Crippen LogP contribution is 2.35. The number of esters is 1. The van der Waals surface area contributed by atoms with E-state index < -0.39 is 5.97 Å². The number of ether oxygens (including phenoxy) is 1. The number of aromatic nitrogens is 3. The topological polar surface area (TPSA) is 95.2 Å². The maximum absolute atomic E-state index is 14.0. The van der Waals surface area contributed by atoms with Gasteiger partial charge >= 0.3 is 5.97 Å². The Morgan fingerprint density at radius 2 is 1.67 bits per heavy atom. The first-order valence-electron chi connectivity index (χ1n) is 13.5. The zero-order chi connectivity index (χ0) is 29.2. The Morgan fingerprint density at radius 3 is 2.36 bits per heavy atom. The number of para-hydroxylation sites is 2. The maximum Gasteiger partial charge on any atom is 0.352 e. The van der Waals surface area contributed by atoms with Gasteiger partial charge in [0.2, 0.25) is 5.91 Å². The third-order valence-corrected chi connectivity index (χ3v) is 10.3. The summed E-state index contributed by atoms with van der Waals surface area (Å²) in [6, 6.07) is 18.6. The van der Waals surface area contributed by atoms with E-state index in [9.17, 15) is 14.4 Å². The molecule has 1 amide bonds. The van der Waals surface area contributed by atoms with Crippen molar-refractivity contribution in [2.45, 2.75) is 37.8 Å². The molecule has 0 unspecified atom stereocenters. The third kappa shape index (κ3) is 5.47. The van der Waals surface area contributed by atoms with Gasteiger partial charge in [-0.2, -0.15) is 0 Å². The van der Waals surface area contributed by atoms with Crippen molar-refractivity contribution in [2.75, 3.05) is 17.7 Å². The molecule has 1 aliphatic carbocycles. The van der Waals surface area contributed by atoms with E-state index in [1.807, 2.05) is 60.7 Å². The number of carbonyl (C=O) groups excluding carboxylic acids is 2. The molecule has 8 nitrogen and oxygen atoms in total. The molecule has 0 atom stereocenters. The number of thiazole rings is 1. The summed E-state index contributed by atoms with van der Waals surface area (Å²) in [5.74, 6) is -0.717. The molecule has 2 aromatic carbocycles. The van der Waals surface area contributed by atoms with Crippen molar-refractivity contribution < 1.29 is 14.3 Å². The number of nitrogens with zero attached hydrogens (tertiary/aromatic N) is 3. The number of thiophene rings is 1. The van der Waals surface area contributed by atoms with Gasteiger partial charge in [-0.25, -0.2) is 9.78 Å². The standard InChI is InChI=1S/C30H26N4O4S4/c1-2-38-28(37)24-25(33(30(39)42-24)18-11-5-3-6-12-18)31-22(35)17-40-29-32-26-23(20-15-9-10-16-21(20)41-26)27(36)34(29)19-13-7-4-8-14-19/h3-8,11-14H,2,9-10,15-17H2,1H3,(H,31,35).